The second-order valence-electron chi connectivity index (χ2n) is 8.62. The molecule has 6 rings (SSSR count). The van der Waals surface area contributed by atoms with Gasteiger partial charge in [-0.1, -0.05) is 42.0 Å². The number of rotatable bonds is 5. The molecule has 0 fully saturated rings. The van der Waals surface area contributed by atoms with Crippen LogP contribution in [0.15, 0.2) is 71.5 Å². The van der Waals surface area contributed by atoms with Crippen LogP contribution in [0.5, 0.6) is 0 Å². The molecule has 0 aliphatic rings. The van der Waals surface area contributed by atoms with E-state index in [1.165, 1.54) is 4.57 Å². The van der Waals surface area contributed by atoms with Crippen molar-refractivity contribution in [2.45, 2.75) is 20.0 Å². The zero-order chi connectivity index (χ0) is 24.8. The fraction of sp³-hybridized carbons (Fsp3) is 0.148. The third-order valence-corrected chi connectivity index (χ3v) is 7.23. The number of ether oxygens (including phenoxy) is 1. The Kier molecular flexibility index (Phi) is 5.34. The zero-order valence-electron chi connectivity index (χ0n) is 19.6. The van der Waals surface area contributed by atoms with Gasteiger partial charge in [-0.3, -0.25) is 13.8 Å². The number of carbonyl (C=O) groups is 1. The minimum Gasteiger partial charge on any atom is -0.454 e. The molecule has 3 heterocycles. The van der Waals surface area contributed by atoms with Gasteiger partial charge >= 0.3 is 5.97 Å². The molecule has 0 N–H and O–H groups in total. The van der Waals surface area contributed by atoms with Crippen LogP contribution in [0, 0.1) is 6.92 Å². The van der Waals surface area contributed by atoms with Crippen molar-refractivity contribution in [1.29, 1.82) is 0 Å². The first-order valence-corrected chi connectivity index (χ1v) is 12.2. The lowest BCUT2D eigenvalue weighted by atomic mass is 10.1. The number of fused-ring (bicyclic) bond motifs is 4. The minimum atomic E-state index is -0.451. The molecular formula is C27H21N5O3S. The van der Waals surface area contributed by atoms with Gasteiger partial charge in [0, 0.05) is 13.5 Å². The summed E-state index contributed by atoms with van der Waals surface area (Å²) in [6, 6.07) is 21.0. The largest absolute Gasteiger partial charge is 0.454 e. The molecule has 9 heteroatoms. The molecule has 0 amide bonds. The Bertz CT molecular complexity index is 1820. The molecular weight excluding hydrogens is 474 g/mol. The van der Waals surface area contributed by atoms with Gasteiger partial charge in [-0.15, -0.1) is 21.5 Å². The molecule has 0 saturated carbocycles. The standard InChI is InChI=1S/C27H21N5O3S/c1-16-11-12-21-19(13-16)25(33)31(2)27-30-29-23(32(21)27)15-35-26(34)18-8-4-3-7-17(18)14-24-28-20-9-5-6-10-22(20)36-24/h3-13H,14-15H2,1-2H3. The number of benzene rings is 3. The molecule has 3 aromatic heterocycles. The first-order chi connectivity index (χ1) is 17.5. The van der Waals surface area contributed by atoms with E-state index < -0.39 is 5.97 Å². The van der Waals surface area contributed by atoms with Gasteiger partial charge in [-0.05, 0) is 42.8 Å². The number of nitrogens with zero attached hydrogens (tertiary/aromatic N) is 5. The topological polar surface area (TPSA) is 91.4 Å². The lowest BCUT2D eigenvalue weighted by Gasteiger charge is -2.10. The number of hydrogen-bond acceptors (Lipinski definition) is 7. The first-order valence-electron chi connectivity index (χ1n) is 11.4. The predicted molar refractivity (Wildman–Crippen MR) is 138 cm³/mol. The number of para-hydroxylation sites is 1. The molecule has 8 nitrogen and oxygen atoms in total. The van der Waals surface area contributed by atoms with Crippen LogP contribution in [0.25, 0.3) is 26.9 Å². The van der Waals surface area contributed by atoms with E-state index >= 15 is 0 Å². The van der Waals surface area contributed by atoms with E-state index in [-0.39, 0.29) is 12.2 Å². The number of aromatic nitrogens is 5. The molecule has 0 bridgehead atoms. The second kappa shape index (κ2) is 8.69. The predicted octanol–water partition coefficient (Wildman–Crippen LogP) is 4.45. The van der Waals surface area contributed by atoms with Crippen LogP contribution in [-0.2, 0) is 24.8 Å². The number of thiazole rings is 1. The minimum absolute atomic E-state index is 0.0867. The van der Waals surface area contributed by atoms with E-state index in [2.05, 4.69) is 10.2 Å². The van der Waals surface area contributed by atoms with Crippen molar-refractivity contribution < 1.29 is 9.53 Å². The normalized spacial score (nSPS) is 11.5. The zero-order valence-corrected chi connectivity index (χ0v) is 20.5. The molecule has 36 heavy (non-hydrogen) atoms. The first kappa shape index (κ1) is 22.1. The van der Waals surface area contributed by atoms with E-state index in [0.717, 1.165) is 26.4 Å². The molecule has 0 unspecified atom stereocenters. The van der Waals surface area contributed by atoms with Crippen molar-refractivity contribution in [1.82, 2.24) is 24.1 Å². The van der Waals surface area contributed by atoms with Crippen LogP contribution in [0.3, 0.4) is 0 Å². The lowest BCUT2D eigenvalue weighted by Crippen LogP contribution is -2.20. The average molecular weight is 496 g/mol. The van der Waals surface area contributed by atoms with Gasteiger partial charge in [0.15, 0.2) is 12.4 Å². The van der Waals surface area contributed by atoms with E-state index in [1.54, 1.807) is 28.9 Å². The van der Waals surface area contributed by atoms with Gasteiger partial charge in [0.2, 0.25) is 5.78 Å². The van der Waals surface area contributed by atoms with Crippen LogP contribution >= 0.6 is 11.3 Å². The average Bonchev–Trinajstić information content (AvgIpc) is 3.50. The summed E-state index contributed by atoms with van der Waals surface area (Å²) < 4.78 is 10.0. The molecule has 0 aliphatic carbocycles. The second-order valence-corrected chi connectivity index (χ2v) is 9.74. The van der Waals surface area contributed by atoms with E-state index in [4.69, 9.17) is 9.72 Å². The smallest absolute Gasteiger partial charge is 0.338 e. The van der Waals surface area contributed by atoms with Gasteiger partial charge in [0.1, 0.15) is 0 Å². The molecule has 0 atom stereocenters. The van der Waals surface area contributed by atoms with Crippen molar-refractivity contribution >= 4 is 44.2 Å². The Morgan fingerprint density at radius 2 is 1.83 bits per heavy atom. The molecule has 3 aromatic carbocycles. The third-order valence-electron chi connectivity index (χ3n) is 6.19. The maximum Gasteiger partial charge on any atom is 0.338 e. The van der Waals surface area contributed by atoms with Crippen molar-refractivity contribution in [3.05, 3.63) is 105 Å². The van der Waals surface area contributed by atoms with Crippen LogP contribution in [-0.4, -0.2) is 30.1 Å². The lowest BCUT2D eigenvalue weighted by molar-refractivity contribution is 0.0460. The Morgan fingerprint density at radius 1 is 1.03 bits per heavy atom. The Labute approximate surface area is 209 Å². The molecule has 0 radical (unpaired) electrons. The maximum absolute atomic E-state index is 13.1. The van der Waals surface area contributed by atoms with Crippen LogP contribution < -0.4 is 5.56 Å². The summed E-state index contributed by atoms with van der Waals surface area (Å²) in [7, 11) is 1.65. The summed E-state index contributed by atoms with van der Waals surface area (Å²) in [6.07, 6.45) is 0.532. The van der Waals surface area contributed by atoms with Crippen molar-refractivity contribution in [3.8, 4) is 0 Å². The number of carbonyl (C=O) groups excluding carboxylic acids is 1. The number of aryl methyl sites for hydroxylation is 2. The molecule has 6 aromatic rings. The monoisotopic (exact) mass is 495 g/mol. The van der Waals surface area contributed by atoms with Gasteiger partial charge in [-0.25, -0.2) is 9.78 Å². The highest BCUT2D eigenvalue weighted by Gasteiger charge is 2.19. The number of hydrogen-bond donors (Lipinski definition) is 0. The highest BCUT2D eigenvalue weighted by atomic mass is 32.1. The van der Waals surface area contributed by atoms with Gasteiger partial charge in [0.05, 0.1) is 31.7 Å². The summed E-state index contributed by atoms with van der Waals surface area (Å²) in [6.45, 7) is 1.85. The van der Waals surface area contributed by atoms with Gasteiger partial charge in [0.25, 0.3) is 5.56 Å². The Morgan fingerprint density at radius 3 is 2.69 bits per heavy atom. The molecule has 0 aliphatic heterocycles. The number of esters is 1. The summed E-state index contributed by atoms with van der Waals surface area (Å²) in [4.78, 5) is 30.6. The highest BCUT2D eigenvalue weighted by molar-refractivity contribution is 7.18. The van der Waals surface area contributed by atoms with Gasteiger partial charge in [-0.2, -0.15) is 0 Å². The SMILES string of the molecule is Cc1ccc2c(c1)c(=O)n(C)c1nnc(COC(=O)c3ccccc3Cc3nc4ccccc4s3)n21. The van der Waals surface area contributed by atoms with Crippen molar-refractivity contribution in [3.63, 3.8) is 0 Å². The van der Waals surface area contributed by atoms with E-state index in [9.17, 15) is 9.59 Å². The quantitative estimate of drug-likeness (QED) is 0.328. The Hall–Kier alpha value is -4.37. The van der Waals surface area contributed by atoms with Crippen molar-refractivity contribution in [2.24, 2.45) is 7.05 Å². The van der Waals surface area contributed by atoms with Gasteiger partial charge < -0.3 is 4.74 Å². The summed E-state index contributed by atoms with van der Waals surface area (Å²) in [5.41, 5.74) is 3.78. The summed E-state index contributed by atoms with van der Waals surface area (Å²) in [5.74, 6) is 0.374. The van der Waals surface area contributed by atoms with Crippen LogP contribution in [0.1, 0.15) is 32.3 Å². The van der Waals surface area contributed by atoms with E-state index in [1.807, 2.05) is 67.6 Å². The van der Waals surface area contributed by atoms with Crippen molar-refractivity contribution in [2.75, 3.05) is 0 Å². The summed E-state index contributed by atoms with van der Waals surface area (Å²) >= 11 is 1.62. The molecule has 0 spiro atoms. The molecule has 0 saturated heterocycles. The van der Waals surface area contributed by atoms with Crippen LogP contribution in [0.2, 0.25) is 0 Å². The van der Waals surface area contributed by atoms with Crippen LogP contribution in [0.4, 0.5) is 0 Å². The fourth-order valence-electron chi connectivity index (χ4n) is 4.39. The summed E-state index contributed by atoms with van der Waals surface area (Å²) in [5, 5.41) is 9.88. The third kappa shape index (κ3) is 3.74. The Balaban J connectivity index is 1.30. The van der Waals surface area contributed by atoms with E-state index in [0.29, 0.717) is 34.5 Å². The highest BCUT2D eigenvalue weighted by Crippen LogP contribution is 2.25. The molecule has 178 valence electrons. The maximum atomic E-state index is 13.1. The fourth-order valence-corrected chi connectivity index (χ4v) is 5.38.